The highest BCUT2D eigenvalue weighted by molar-refractivity contribution is 5.95. The summed E-state index contributed by atoms with van der Waals surface area (Å²) in [7, 11) is 0. The Labute approximate surface area is 191 Å². The first-order valence-corrected chi connectivity index (χ1v) is 10.9. The Morgan fingerprint density at radius 1 is 1.27 bits per heavy atom. The first-order valence-electron chi connectivity index (χ1n) is 10.9. The van der Waals surface area contributed by atoms with Crippen LogP contribution in [0.1, 0.15) is 57.2 Å². The number of aryl methyl sites for hydroxylation is 1. The van der Waals surface area contributed by atoms with Gasteiger partial charge in [0.25, 0.3) is 5.91 Å². The van der Waals surface area contributed by atoms with Crippen LogP contribution >= 0.6 is 0 Å². The number of pyridine rings is 2. The molecule has 1 fully saturated rings. The number of nitrogens with one attached hydrogen (secondary N) is 1. The quantitative estimate of drug-likeness (QED) is 0.476. The number of amides is 1. The molecule has 1 amide bonds. The number of nitriles is 1. The molecule has 1 aromatic carbocycles. The molecule has 1 saturated carbocycles. The fourth-order valence-electron chi connectivity index (χ4n) is 3.94. The predicted molar refractivity (Wildman–Crippen MR) is 124 cm³/mol. The van der Waals surface area contributed by atoms with Crippen molar-refractivity contribution in [1.29, 1.82) is 5.26 Å². The molecule has 4 aromatic rings. The van der Waals surface area contributed by atoms with Gasteiger partial charge in [-0.15, -0.1) is 0 Å². The second-order valence-electron chi connectivity index (χ2n) is 8.43. The summed E-state index contributed by atoms with van der Waals surface area (Å²) in [4.78, 5) is 21.5. The average molecular weight is 438 g/mol. The smallest absolute Gasteiger partial charge is 0.256 e. The highest BCUT2D eigenvalue weighted by Gasteiger charge is 2.24. The van der Waals surface area contributed by atoms with E-state index >= 15 is 0 Å². The van der Waals surface area contributed by atoms with Crippen LogP contribution in [0.15, 0.2) is 48.8 Å². The Bertz CT molecular complexity index is 1410. The molecule has 0 bridgehead atoms. The van der Waals surface area contributed by atoms with Gasteiger partial charge in [0.1, 0.15) is 11.9 Å². The van der Waals surface area contributed by atoms with Crippen molar-refractivity contribution in [2.75, 3.05) is 5.73 Å². The lowest BCUT2D eigenvalue weighted by atomic mass is 10.1. The molecule has 164 valence electrons. The summed E-state index contributed by atoms with van der Waals surface area (Å²) in [5.74, 6) is 0.721. The molecule has 0 atom stereocenters. The second-order valence-corrected chi connectivity index (χ2v) is 8.43. The fraction of sp³-hybridized carbons (Fsp3) is 0.240. The van der Waals surface area contributed by atoms with Crippen molar-refractivity contribution in [3.63, 3.8) is 0 Å². The monoisotopic (exact) mass is 437 g/mol. The molecule has 5 rings (SSSR count). The fourth-order valence-corrected chi connectivity index (χ4v) is 3.94. The normalized spacial score (nSPS) is 13.1. The SMILES string of the molecule is Cc1nc(N)ccc1CNC(=O)c1cn(Cc2ccc3ncc(C4CC4)cc3c2)nc1C#N. The summed E-state index contributed by atoms with van der Waals surface area (Å²) in [6.07, 6.45) is 6.05. The van der Waals surface area contributed by atoms with Crippen LogP contribution in [0.4, 0.5) is 5.82 Å². The van der Waals surface area contributed by atoms with E-state index in [0.717, 1.165) is 27.7 Å². The number of benzene rings is 1. The summed E-state index contributed by atoms with van der Waals surface area (Å²) in [6.45, 7) is 2.57. The van der Waals surface area contributed by atoms with E-state index in [1.807, 2.05) is 37.4 Å². The molecule has 1 aliphatic carbocycles. The molecule has 3 aromatic heterocycles. The van der Waals surface area contributed by atoms with E-state index in [4.69, 9.17) is 5.73 Å². The molecule has 8 heteroatoms. The second kappa shape index (κ2) is 8.36. The average Bonchev–Trinajstić information content (AvgIpc) is 3.58. The molecular formula is C25H23N7O. The van der Waals surface area contributed by atoms with Gasteiger partial charge in [0.15, 0.2) is 5.69 Å². The van der Waals surface area contributed by atoms with Gasteiger partial charge in [0.2, 0.25) is 0 Å². The Kier molecular flexibility index (Phi) is 5.23. The molecular weight excluding hydrogens is 414 g/mol. The lowest BCUT2D eigenvalue weighted by Gasteiger charge is -2.07. The number of carbonyl (C=O) groups excluding carboxylic acids is 1. The van der Waals surface area contributed by atoms with Gasteiger partial charge >= 0.3 is 0 Å². The van der Waals surface area contributed by atoms with Crippen LogP contribution in [0.5, 0.6) is 0 Å². The molecule has 0 radical (unpaired) electrons. The minimum atomic E-state index is -0.356. The van der Waals surface area contributed by atoms with Crippen LogP contribution in [0.2, 0.25) is 0 Å². The van der Waals surface area contributed by atoms with Gasteiger partial charge in [0.05, 0.1) is 17.6 Å². The third kappa shape index (κ3) is 4.39. The topological polar surface area (TPSA) is 123 Å². The van der Waals surface area contributed by atoms with Crippen LogP contribution in [-0.4, -0.2) is 25.7 Å². The summed E-state index contributed by atoms with van der Waals surface area (Å²) in [5, 5.41) is 17.7. The molecule has 1 aliphatic rings. The molecule has 0 aliphatic heterocycles. The predicted octanol–water partition coefficient (Wildman–Crippen LogP) is 3.44. The maximum Gasteiger partial charge on any atom is 0.256 e. The number of fused-ring (bicyclic) bond motifs is 1. The first kappa shape index (κ1) is 20.6. The Balaban J connectivity index is 1.33. The number of carbonyl (C=O) groups is 1. The van der Waals surface area contributed by atoms with Crippen LogP contribution in [0.3, 0.4) is 0 Å². The van der Waals surface area contributed by atoms with E-state index in [2.05, 4.69) is 32.5 Å². The first-order chi connectivity index (χ1) is 16.0. The summed E-state index contributed by atoms with van der Waals surface area (Å²) in [5.41, 5.74) is 10.9. The third-order valence-electron chi connectivity index (χ3n) is 5.93. The minimum Gasteiger partial charge on any atom is -0.384 e. The van der Waals surface area contributed by atoms with Gasteiger partial charge in [-0.3, -0.25) is 14.5 Å². The van der Waals surface area contributed by atoms with E-state index in [0.29, 0.717) is 18.3 Å². The van der Waals surface area contributed by atoms with Crippen molar-refractivity contribution < 1.29 is 4.79 Å². The van der Waals surface area contributed by atoms with E-state index in [9.17, 15) is 10.1 Å². The molecule has 33 heavy (non-hydrogen) atoms. The number of nitrogens with two attached hydrogens (primary N) is 1. The summed E-state index contributed by atoms with van der Waals surface area (Å²) < 4.78 is 1.63. The Hall–Kier alpha value is -4.25. The lowest BCUT2D eigenvalue weighted by molar-refractivity contribution is 0.0950. The molecule has 0 unspecified atom stereocenters. The molecule has 0 saturated heterocycles. The maximum absolute atomic E-state index is 12.8. The van der Waals surface area contributed by atoms with E-state index in [-0.39, 0.29) is 23.7 Å². The number of hydrogen-bond acceptors (Lipinski definition) is 6. The highest BCUT2D eigenvalue weighted by atomic mass is 16.1. The van der Waals surface area contributed by atoms with Crippen molar-refractivity contribution in [3.8, 4) is 6.07 Å². The summed E-state index contributed by atoms with van der Waals surface area (Å²) >= 11 is 0. The number of nitrogens with zero attached hydrogens (tertiary/aromatic N) is 5. The zero-order chi connectivity index (χ0) is 22.9. The molecule has 8 nitrogen and oxygen atoms in total. The van der Waals surface area contributed by atoms with Crippen molar-refractivity contribution in [2.45, 2.75) is 38.8 Å². The lowest BCUT2D eigenvalue weighted by Crippen LogP contribution is -2.23. The number of nitrogen functional groups attached to an aromatic ring is 1. The molecule has 0 spiro atoms. The van der Waals surface area contributed by atoms with Crippen molar-refractivity contribution >= 4 is 22.6 Å². The minimum absolute atomic E-state index is 0.0955. The van der Waals surface area contributed by atoms with Crippen molar-refractivity contribution in [3.05, 3.63) is 82.4 Å². The van der Waals surface area contributed by atoms with Gasteiger partial charge < -0.3 is 11.1 Å². The van der Waals surface area contributed by atoms with Gasteiger partial charge in [-0.25, -0.2) is 4.98 Å². The Morgan fingerprint density at radius 3 is 2.88 bits per heavy atom. The van der Waals surface area contributed by atoms with E-state index < -0.39 is 0 Å². The third-order valence-corrected chi connectivity index (χ3v) is 5.93. The van der Waals surface area contributed by atoms with Gasteiger partial charge in [0, 0.05) is 30.0 Å². The summed E-state index contributed by atoms with van der Waals surface area (Å²) in [6, 6.07) is 13.8. The van der Waals surface area contributed by atoms with Crippen LogP contribution in [0.25, 0.3) is 10.9 Å². The van der Waals surface area contributed by atoms with Crippen LogP contribution < -0.4 is 11.1 Å². The largest absolute Gasteiger partial charge is 0.384 e. The van der Waals surface area contributed by atoms with Gasteiger partial charge in [-0.1, -0.05) is 12.1 Å². The Morgan fingerprint density at radius 2 is 2.12 bits per heavy atom. The van der Waals surface area contributed by atoms with E-state index in [1.165, 1.54) is 18.4 Å². The number of aromatic nitrogens is 4. The maximum atomic E-state index is 12.8. The van der Waals surface area contributed by atoms with Crippen LogP contribution in [0, 0.1) is 18.3 Å². The number of hydrogen-bond donors (Lipinski definition) is 2. The number of anilines is 1. The number of rotatable bonds is 6. The zero-order valence-corrected chi connectivity index (χ0v) is 18.2. The highest BCUT2D eigenvalue weighted by Crippen LogP contribution is 2.40. The molecule has 3 N–H and O–H groups in total. The molecule has 3 heterocycles. The van der Waals surface area contributed by atoms with Gasteiger partial charge in [-0.2, -0.15) is 10.4 Å². The van der Waals surface area contributed by atoms with Crippen molar-refractivity contribution in [2.24, 2.45) is 0 Å². The van der Waals surface area contributed by atoms with Crippen LogP contribution in [-0.2, 0) is 13.1 Å². The zero-order valence-electron chi connectivity index (χ0n) is 18.2. The van der Waals surface area contributed by atoms with E-state index in [1.54, 1.807) is 16.9 Å². The van der Waals surface area contributed by atoms with Gasteiger partial charge in [-0.05, 0) is 66.6 Å². The van der Waals surface area contributed by atoms with Crippen molar-refractivity contribution in [1.82, 2.24) is 25.1 Å². The standard InChI is InChI=1S/C25H23N7O/c1-15-18(5-7-24(27)30-15)11-29-25(33)21-14-32(31-23(21)10-26)13-16-2-6-22-19(8-16)9-20(12-28-22)17-3-4-17/h2,5-9,12,14,17H,3-4,11,13H2,1H3,(H2,27,30)(H,29,33).